The average molecular weight is 416 g/mol. The zero-order valence-electron chi connectivity index (χ0n) is 17.5. The molecule has 1 aliphatic rings. The minimum atomic E-state index is -0.363. The van der Waals surface area contributed by atoms with Gasteiger partial charge in [-0.15, -0.1) is 11.3 Å². The van der Waals surface area contributed by atoms with E-state index in [-0.39, 0.29) is 23.9 Å². The van der Waals surface area contributed by atoms with Gasteiger partial charge in [0.1, 0.15) is 10.8 Å². The Bertz CT molecular complexity index is 867. The molecule has 0 unspecified atom stereocenters. The second-order valence-corrected chi connectivity index (χ2v) is 9.49. The van der Waals surface area contributed by atoms with Gasteiger partial charge in [0.2, 0.25) is 0 Å². The summed E-state index contributed by atoms with van der Waals surface area (Å²) in [6.07, 6.45) is 2.79. The number of thiophene rings is 1. The quantitative estimate of drug-likeness (QED) is 0.667. The molecule has 0 bridgehead atoms. The van der Waals surface area contributed by atoms with Crippen LogP contribution in [0, 0.1) is 11.3 Å². The van der Waals surface area contributed by atoms with Gasteiger partial charge in [-0.2, -0.15) is 0 Å². The van der Waals surface area contributed by atoms with Gasteiger partial charge in [-0.25, -0.2) is 4.79 Å². The van der Waals surface area contributed by atoms with E-state index in [1.54, 1.807) is 19.1 Å². The molecule has 29 heavy (non-hydrogen) atoms. The van der Waals surface area contributed by atoms with Gasteiger partial charge in [0.05, 0.1) is 12.2 Å². The summed E-state index contributed by atoms with van der Waals surface area (Å²) in [5, 5.41) is 3.46. The summed E-state index contributed by atoms with van der Waals surface area (Å²) in [5.41, 5.74) is 1.76. The summed E-state index contributed by atoms with van der Waals surface area (Å²) >= 11 is 1.50. The lowest BCUT2D eigenvalue weighted by atomic mass is 9.72. The van der Waals surface area contributed by atoms with Gasteiger partial charge in [0, 0.05) is 4.88 Å². The Labute approximate surface area is 176 Å². The number of fused-ring (bicyclic) bond motifs is 1. The van der Waals surface area contributed by atoms with E-state index in [1.807, 2.05) is 18.2 Å². The van der Waals surface area contributed by atoms with Crippen molar-refractivity contribution in [1.82, 2.24) is 0 Å². The van der Waals surface area contributed by atoms with Crippen molar-refractivity contribution >= 4 is 28.2 Å². The van der Waals surface area contributed by atoms with Crippen molar-refractivity contribution in [2.75, 3.05) is 18.5 Å². The highest BCUT2D eigenvalue weighted by Gasteiger charge is 2.34. The molecule has 1 aromatic carbocycles. The van der Waals surface area contributed by atoms with E-state index in [9.17, 15) is 9.59 Å². The molecule has 2 aromatic rings. The first-order chi connectivity index (χ1) is 13.8. The van der Waals surface area contributed by atoms with Gasteiger partial charge >= 0.3 is 5.97 Å². The lowest BCUT2D eigenvalue weighted by Gasteiger charge is -2.33. The van der Waals surface area contributed by atoms with Crippen molar-refractivity contribution in [3.05, 3.63) is 46.3 Å². The third-order valence-corrected chi connectivity index (χ3v) is 6.51. The summed E-state index contributed by atoms with van der Waals surface area (Å²) in [6, 6.07) is 9.19. The Hall–Kier alpha value is -2.34. The lowest BCUT2D eigenvalue weighted by Crippen LogP contribution is -2.26. The van der Waals surface area contributed by atoms with Crippen LogP contribution in [-0.2, 0) is 22.4 Å². The zero-order chi connectivity index (χ0) is 21.0. The van der Waals surface area contributed by atoms with Crippen molar-refractivity contribution < 1.29 is 19.1 Å². The van der Waals surface area contributed by atoms with Gasteiger partial charge in [0.15, 0.2) is 6.61 Å². The predicted octanol–water partition coefficient (Wildman–Crippen LogP) is 5.09. The molecule has 1 aromatic heterocycles. The van der Waals surface area contributed by atoms with Crippen LogP contribution >= 0.6 is 11.3 Å². The van der Waals surface area contributed by atoms with Crippen LogP contribution in [0.3, 0.4) is 0 Å². The minimum Gasteiger partial charge on any atom is -0.484 e. The summed E-state index contributed by atoms with van der Waals surface area (Å²) in [6.45, 7) is 8.75. The first-order valence-electron chi connectivity index (χ1n) is 10.1. The van der Waals surface area contributed by atoms with Gasteiger partial charge in [-0.05, 0) is 55.2 Å². The van der Waals surface area contributed by atoms with E-state index < -0.39 is 0 Å². The molecule has 6 heteroatoms. The number of esters is 1. The monoisotopic (exact) mass is 415 g/mol. The van der Waals surface area contributed by atoms with Crippen LogP contribution in [0.5, 0.6) is 5.75 Å². The van der Waals surface area contributed by atoms with Crippen LogP contribution in [0.1, 0.15) is 54.9 Å². The molecule has 1 amide bonds. The number of nitrogens with one attached hydrogen (secondary N) is 1. The predicted molar refractivity (Wildman–Crippen MR) is 116 cm³/mol. The van der Waals surface area contributed by atoms with Crippen LogP contribution < -0.4 is 10.1 Å². The number of para-hydroxylation sites is 1. The molecule has 3 rings (SSSR count). The van der Waals surface area contributed by atoms with Crippen molar-refractivity contribution in [3.63, 3.8) is 0 Å². The van der Waals surface area contributed by atoms with Crippen molar-refractivity contribution in [1.29, 1.82) is 0 Å². The number of benzene rings is 1. The normalized spacial score (nSPS) is 16.1. The van der Waals surface area contributed by atoms with Crippen LogP contribution in [0.4, 0.5) is 5.00 Å². The number of carbonyl (C=O) groups is 2. The second kappa shape index (κ2) is 8.99. The molecule has 0 saturated carbocycles. The topological polar surface area (TPSA) is 64.6 Å². The number of anilines is 1. The SMILES string of the molecule is CCOC(=O)c1c(NC(=O)COc2ccccc2)sc2c1CC[C@H](C(C)(C)C)C2. The minimum absolute atomic E-state index is 0.112. The molecular formula is C23H29NO4S. The van der Waals surface area contributed by atoms with Crippen LogP contribution in [-0.4, -0.2) is 25.1 Å². The second-order valence-electron chi connectivity index (χ2n) is 8.38. The van der Waals surface area contributed by atoms with E-state index in [2.05, 4.69) is 26.1 Å². The van der Waals surface area contributed by atoms with Crippen LogP contribution in [0.25, 0.3) is 0 Å². The first-order valence-corrected chi connectivity index (χ1v) is 10.9. The number of amides is 1. The molecule has 0 aliphatic heterocycles. The maximum atomic E-state index is 12.6. The molecule has 1 N–H and O–H groups in total. The van der Waals surface area contributed by atoms with Gasteiger partial charge in [-0.3, -0.25) is 4.79 Å². The highest BCUT2D eigenvalue weighted by atomic mass is 32.1. The molecule has 0 spiro atoms. The molecular weight excluding hydrogens is 386 g/mol. The standard InChI is InChI=1S/C23H29NO4S/c1-5-27-22(26)20-17-12-11-15(23(2,3)4)13-18(17)29-21(20)24-19(25)14-28-16-9-7-6-8-10-16/h6-10,15H,5,11-14H2,1-4H3,(H,24,25)/t15-/m0/s1. The van der Waals surface area contributed by atoms with E-state index in [1.165, 1.54) is 16.2 Å². The summed E-state index contributed by atoms with van der Waals surface area (Å²) in [4.78, 5) is 26.3. The van der Waals surface area contributed by atoms with E-state index in [0.717, 1.165) is 24.8 Å². The average Bonchev–Trinajstić information content (AvgIpc) is 3.03. The van der Waals surface area contributed by atoms with Gasteiger partial charge in [0.25, 0.3) is 5.91 Å². The molecule has 1 aliphatic carbocycles. The highest BCUT2D eigenvalue weighted by molar-refractivity contribution is 7.17. The summed E-state index contributed by atoms with van der Waals surface area (Å²) < 4.78 is 10.8. The van der Waals surface area contributed by atoms with Gasteiger partial charge < -0.3 is 14.8 Å². The lowest BCUT2D eigenvalue weighted by molar-refractivity contribution is -0.118. The Balaban J connectivity index is 1.79. The fraction of sp³-hybridized carbons (Fsp3) is 0.478. The van der Waals surface area contributed by atoms with E-state index in [4.69, 9.17) is 9.47 Å². The largest absolute Gasteiger partial charge is 0.484 e. The Morgan fingerprint density at radius 1 is 1.21 bits per heavy atom. The molecule has 1 atom stereocenters. The van der Waals surface area contributed by atoms with Crippen molar-refractivity contribution in [2.45, 2.75) is 47.0 Å². The van der Waals surface area contributed by atoms with Crippen LogP contribution in [0.15, 0.2) is 30.3 Å². The summed E-state index contributed by atoms with van der Waals surface area (Å²) in [5.74, 6) is 0.532. The zero-order valence-corrected chi connectivity index (χ0v) is 18.4. The third-order valence-electron chi connectivity index (χ3n) is 5.34. The maximum Gasteiger partial charge on any atom is 0.341 e. The fourth-order valence-electron chi connectivity index (χ4n) is 3.66. The van der Waals surface area contributed by atoms with E-state index in [0.29, 0.717) is 28.8 Å². The fourth-order valence-corrected chi connectivity index (χ4v) is 4.99. The summed E-state index contributed by atoms with van der Waals surface area (Å²) in [7, 11) is 0. The number of carbonyl (C=O) groups excluding carboxylic acids is 2. The first kappa shape index (κ1) is 21.4. The third kappa shape index (κ3) is 5.18. The van der Waals surface area contributed by atoms with Crippen molar-refractivity contribution in [3.8, 4) is 5.75 Å². The molecule has 1 heterocycles. The smallest absolute Gasteiger partial charge is 0.341 e. The Morgan fingerprint density at radius 3 is 2.59 bits per heavy atom. The molecule has 0 radical (unpaired) electrons. The molecule has 0 fully saturated rings. The van der Waals surface area contributed by atoms with Crippen molar-refractivity contribution in [2.24, 2.45) is 11.3 Å². The molecule has 0 saturated heterocycles. The number of rotatable bonds is 6. The Kier molecular flexibility index (Phi) is 6.63. The number of ether oxygens (including phenoxy) is 2. The molecule has 156 valence electrons. The Morgan fingerprint density at radius 2 is 1.93 bits per heavy atom. The van der Waals surface area contributed by atoms with Crippen LogP contribution in [0.2, 0.25) is 0 Å². The highest BCUT2D eigenvalue weighted by Crippen LogP contribution is 2.44. The van der Waals surface area contributed by atoms with E-state index >= 15 is 0 Å². The number of hydrogen-bond acceptors (Lipinski definition) is 5. The van der Waals surface area contributed by atoms with Gasteiger partial charge in [-0.1, -0.05) is 39.0 Å². The molecule has 5 nitrogen and oxygen atoms in total. The number of hydrogen-bond donors (Lipinski definition) is 1. The maximum absolute atomic E-state index is 12.6.